The van der Waals surface area contributed by atoms with Gasteiger partial charge in [-0.15, -0.1) is 0 Å². The third kappa shape index (κ3) is 5.26. The van der Waals surface area contributed by atoms with Crippen molar-refractivity contribution in [1.29, 1.82) is 0 Å². The quantitative estimate of drug-likeness (QED) is 0.178. The van der Waals surface area contributed by atoms with Crippen LogP contribution in [0.25, 0.3) is 60.4 Å². The molecular weight excluding hydrogens is 599 g/mol. The molecule has 250 valence electrons. The zero-order valence-electron chi connectivity index (χ0n) is 30.1. The van der Waals surface area contributed by atoms with E-state index in [9.17, 15) is 0 Å². The van der Waals surface area contributed by atoms with E-state index in [4.69, 9.17) is 9.47 Å². The Kier molecular flexibility index (Phi) is 9.09. The van der Waals surface area contributed by atoms with Gasteiger partial charge in [-0.25, -0.2) is 0 Å². The van der Waals surface area contributed by atoms with E-state index in [-0.39, 0.29) is 11.5 Å². The highest BCUT2D eigenvalue weighted by molar-refractivity contribution is 6.15. The van der Waals surface area contributed by atoms with Crippen molar-refractivity contribution in [3.8, 4) is 11.1 Å². The second-order valence-corrected chi connectivity index (χ2v) is 13.6. The Morgan fingerprint density at radius 1 is 0.694 bits per heavy atom. The predicted octanol–water partition coefficient (Wildman–Crippen LogP) is 11.1. The van der Waals surface area contributed by atoms with Gasteiger partial charge < -0.3 is 14.0 Å². The Hall–Kier alpha value is -4.44. The van der Waals surface area contributed by atoms with E-state index in [1.165, 1.54) is 77.2 Å². The molecule has 3 nitrogen and oxygen atoms in total. The van der Waals surface area contributed by atoms with Crippen molar-refractivity contribution >= 4 is 49.3 Å². The van der Waals surface area contributed by atoms with Crippen LogP contribution >= 0.6 is 0 Å². The van der Waals surface area contributed by atoms with Crippen molar-refractivity contribution in [2.24, 2.45) is 12.5 Å². The summed E-state index contributed by atoms with van der Waals surface area (Å²) in [5.41, 5.74) is 6.93. The largest absolute Gasteiger partial charge is 0.381 e. The zero-order valence-corrected chi connectivity index (χ0v) is 30.1. The summed E-state index contributed by atoms with van der Waals surface area (Å²) in [5, 5.41) is 10.8. The van der Waals surface area contributed by atoms with E-state index < -0.39 is 0 Å². The molecule has 2 aliphatic rings. The molecule has 6 aromatic carbocycles. The van der Waals surface area contributed by atoms with Crippen LogP contribution in [-0.4, -0.2) is 31.0 Å². The molecule has 0 saturated heterocycles. The van der Waals surface area contributed by atoms with Gasteiger partial charge >= 0.3 is 0 Å². The Labute approximate surface area is 291 Å². The van der Waals surface area contributed by atoms with Gasteiger partial charge in [0.1, 0.15) is 0 Å². The predicted molar refractivity (Wildman–Crippen MR) is 209 cm³/mol. The number of hydrogen-bond acceptors (Lipinski definition) is 2. The lowest BCUT2D eigenvalue weighted by Gasteiger charge is -2.29. The van der Waals surface area contributed by atoms with E-state index in [1.54, 1.807) is 0 Å². The molecule has 4 atom stereocenters. The van der Waals surface area contributed by atoms with Gasteiger partial charge in [-0.1, -0.05) is 123 Å². The molecule has 2 aliphatic carbocycles. The summed E-state index contributed by atoms with van der Waals surface area (Å²) in [6.45, 7) is 8.28. The van der Waals surface area contributed by atoms with Crippen molar-refractivity contribution < 1.29 is 9.47 Å². The first-order chi connectivity index (χ1) is 24.0. The number of aryl methyl sites for hydroxylation is 2. The van der Waals surface area contributed by atoms with E-state index in [1.807, 2.05) is 28.1 Å². The highest BCUT2D eigenvalue weighted by Gasteiger charge is 2.65. The van der Waals surface area contributed by atoms with Crippen LogP contribution in [-0.2, 0) is 16.5 Å². The number of methoxy groups -OCH3 is 2. The first kappa shape index (κ1) is 33.1. The maximum atomic E-state index is 6.10. The van der Waals surface area contributed by atoms with Crippen LogP contribution in [0.3, 0.4) is 0 Å². The summed E-state index contributed by atoms with van der Waals surface area (Å²) in [6, 6.07) is 39.7. The van der Waals surface area contributed by atoms with Crippen molar-refractivity contribution in [1.82, 2.24) is 4.57 Å². The van der Waals surface area contributed by atoms with Crippen LogP contribution < -0.4 is 5.35 Å². The van der Waals surface area contributed by atoms with Gasteiger partial charge in [-0.3, -0.25) is 0 Å². The van der Waals surface area contributed by atoms with Crippen LogP contribution in [0.4, 0.5) is 0 Å². The van der Waals surface area contributed by atoms with Crippen LogP contribution in [0.15, 0.2) is 109 Å². The Morgan fingerprint density at radius 2 is 1.29 bits per heavy atom. The minimum Gasteiger partial charge on any atom is -0.381 e. The van der Waals surface area contributed by atoms with E-state index in [0.717, 1.165) is 12.8 Å². The highest BCUT2D eigenvalue weighted by Crippen LogP contribution is 2.68. The average molecular weight is 648 g/mol. The van der Waals surface area contributed by atoms with Gasteiger partial charge in [0.2, 0.25) is 0 Å². The molecule has 49 heavy (non-hydrogen) atoms. The molecule has 0 radical (unpaired) electrons. The fraction of sp³-hybridized carbons (Fsp3) is 0.304. The third-order valence-corrected chi connectivity index (χ3v) is 11.4. The molecule has 1 aromatic heterocycles. The van der Waals surface area contributed by atoms with Crippen molar-refractivity contribution in [2.45, 2.75) is 65.1 Å². The summed E-state index contributed by atoms with van der Waals surface area (Å²) in [6.07, 6.45) is 6.17. The fourth-order valence-corrected chi connectivity index (χ4v) is 9.12. The van der Waals surface area contributed by atoms with E-state index >= 15 is 0 Å². The fourth-order valence-electron chi connectivity index (χ4n) is 9.12. The molecule has 7 aromatic rings. The van der Waals surface area contributed by atoms with Crippen LogP contribution in [0.1, 0.15) is 57.1 Å². The number of fused-ring (bicyclic) bond motifs is 2. The molecule has 0 amide bonds. The normalized spacial score (nSPS) is 21.7. The van der Waals surface area contributed by atoms with Gasteiger partial charge in [0, 0.05) is 54.2 Å². The first-order valence-corrected chi connectivity index (χ1v) is 18.0. The van der Waals surface area contributed by atoms with Gasteiger partial charge in [0.25, 0.3) is 0 Å². The number of hydrogen-bond donors (Lipinski definition) is 0. The molecule has 0 N–H and O–H groups in total. The number of ether oxygens (including phenoxy) is 2. The monoisotopic (exact) mass is 647 g/mol. The SMILES string of the molecule is C/C=c1\c2cccc3c(C)ccc(c32)n1C.CC.COC1CCC2(CC2OC)C1c1c2ccccc2c(-c2ccccc2)c2ccccc12. The van der Waals surface area contributed by atoms with Crippen molar-refractivity contribution in [2.75, 3.05) is 14.2 Å². The van der Waals surface area contributed by atoms with Crippen LogP contribution in [0.5, 0.6) is 0 Å². The van der Waals surface area contributed by atoms with E-state index in [2.05, 4.69) is 141 Å². The molecule has 0 aliphatic heterocycles. The second kappa shape index (κ2) is 13.5. The molecule has 1 heterocycles. The molecule has 4 unspecified atom stereocenters. The first-order valence-electron chi connectivity index (χ1n) is 18.0. The lowest BCUT2D eigenvalue weighted by molar-refractivity contribution is 0.0752. The van der Waals surface area contributed by atoms with E-state index in [0.29, 0.717) is 12.0 Å². The molecular formula is C46H49NO2. The van der Waals surface area contributed by atoms with Crippen LogP contribution in [0, 0.1) is 12.3 Å². The van der Waals surface area contributed by atoms with Gasteiger partial charge in [0.15, 0.2) is 0 Å². The van der Waals surface area contributed by atoms with Gasteiger partial charge in [-0.05, 0) is 88.4 Å². The van der Waals surface area contributed by atoms with Gasteiger partial charge in [0.05, 0.1) is 12.2 Å². The molecule has 3 heteroatoms. The lowest BCUT2D eigenvalue weighted by Crippen LogP contribution is -2.23. The molecule has 2 fully saturated rings. The summed E-state index contributed by atoms with van der Waals surface area (Å²) in [4.78, 5) is 0. The Bertz CT molecular complexity index is 2260. The van der Waals surface area contributed by atoms with Crippen molar-refractivity contribution in [3.05, 3.63) is 126 Å². The molecule has 1 spiro atoms. The number of aromatic nitrogens is 1. The summed E-state index contributed by atoms with van der Waals surface area (Å²) in [7, 11) is 5.88. The van der Waals surface area contributed by atoms with Crippen LogP contribution in [0.2, 0.25) is 0 Å². The molecule has 0 bridgehead atoms. The zero-order chi connectivity index (χ0) is 34.3. The average Bonchev–Trinajstić information content (AvgIpc) is 3.65. The van der Waals surface area contributed by atoms with Gasteiger partial charge in [-0.2, -0.15) is 0 Å². The number of benzene rings is 6. The minimum atomic E-state index is 0.204. The Balaban J connectivity index is 0.000000176. The maximum absolute atomic E-state index is 6.10. The third-order valence-electron chi connectivity index (χ3n) is 11.4. The summed E-state index contributed by atoms with van der Waals surface area (Å²) >= 11 is 0. The topological polar surface area (TPSA) is 23.4 Å². The number of rotatable bonds is 4. The second-order valence-electron chi connectivity index (χ2n) is 13.6. The standard InChI is InChI=1S/C29H28O2.C15H15N.C2H6/c1-30-24-16-17-29(18-25(29)31-2)28(24)27-22-14-8-6-12-20(22)26(19-10-4-3-5-11-19)21-13-7-9-15-23(21)27;1-4-13-12-7-5-6-11-10(2)8-9-14(15(11)12)16(13)3;1-2/h3-15,24-25,28H,16-18H2,1-2H3;4-9H,1-3H3;1-2H3/b;13-4+;. The lowest BCUT2D eigenvalue weighted by atomic mass is 9.77. The smallest absolute Gasteiger partial charge is 0.0646 e. The Morgan fingerprint density at radius 3 is 1.88 bits per heavy atom. The number of nitrogens with zero attached hydrogens (tertiary/aromatic N) is 1. The summed E-state index contributed by atoms with van der Waals surface area (Å²) in [5.74, 6) is 0.349. The molecule has 9 rings (SSSR count). The summed E-state index contributed by atoms with van der Waals surface area (Å²) < 4.78 is 14.3. The van der Waals surface area contributed by atoms with Crippen molar-refractivity contribution in [3.63, 3.8) is 0 Å². The maximum Gasteiger partial charge on any atom is 0.0646 e. The molecule has 2 saturated carbocycles. The highest BCUT2D eigenvalue weighted by atomic mass is 16.5. The minimum absolute atomic E-state index is 0.204.